The van der Waals surface area contributed by atoms with Crippen LogP contribution in [-0.2, 0) is 9.59 Å². The fourth-order valence-corrected chi connectivity index (χ4v) is 1.28. The molecule has 80 valence electrons. The monoisotopic (exact) mass is 210 g/mol. The van der Waals surface area contributed by atoms with Crippen LogP contribution >= 0.6 is 0 Å². The highest BCUT2D eigenvalue weighted by Crippen LogP contribution is 2.22. The van der Waals surface area contributed by atoms with Crippen molar-refractivity contribution in [2.45, 2.75) is 0 Å². The molecule has 0 spiro atoms. The van der Waals surface area contributed by atoms with Gasteiger partial charge in [0.25, 0.3) is 0 Å². The van der Waals surface area contributed by atoms with E-state index in [0.29, 0.717) is 0 Å². The Hall–Kier alpha value is -1.88. The Morgan fingerprint density at radius 3 is 2.53 bits per heavy atom. The summed E-state index contributed by atoms with van der Waals surface area (Å²) in [4.78, 5) is 21.4. The number of rotatable bonds is 3. The van der Waals surface area contributed by atoms with Gasteiger partial charge in [-0.3, -0.25) is 4.79 Å². The van der Waals surface area contributed by atoms with E-state index in [9.17, 15) is 9.59 Å². The molecular weight excluding hydrogens is 200 g/mol. The average Bonchev–Trinajstić information content (AvgIpc) is 2.17. The van der Waals surface area contributed by atoms with Crippen molar-refractivity contribution in [2.75, 3.05) is 6.61 Å². The zero-order valence-corrected chi connectivity index (χ0v) is 7.75. The Kier molecular flexibility index (Phi) is 3.41. The van der Waals surface area contributed by atoms with Crippen molar-refractivity contribution >= 4 is 11.9 Å². The van der Waals surface area contributed by atoms with E-state index < -0.39 is 17.9 Å². The normalized spacial score (nSPS) is 22.6. The Bertz CT molecular complexity index is 375. The molecular formula is C10H10O5. The molecule has 0 heterocycles. The molecule has 1 unspecified atom stereocenters. The van der Waals surface area contributed by atoms with Crippen molar-refractivity contribution < 1.29 is 24.9 Å². The summed E-state index contributed by atoms with van der Waals surface area (Å²) in [6.07, 6.45) is 5.06. The Morgan fingerprint density at radius 1 is 1.40 bits per heavy atom. The highest BCUT2D eigenvalue weighted by Gasteiger charge is 2.22. The first-order chi connectivity index (χ1) is 7.06. The van der Waals surface area contributed by atoms with Crippen LogP contribution < -0.4 is 0 Å². The minimum atomic E-state index is -1.13. The number of hydrogen-bond donors (Lipinski definition) is 3. The molecule has 0 amide bonds. The van der Waals surface area contributed by atoms with Crippen molar-refractivity contribution in [3.8, 4) is 0 Å². The van der Waals surface area contributed by atoms with Gasteiger partial charge in [0.05, 0.1) is 18.1 Å². The second-order valence-electron chi connectivity index (χ2n) is 2.97. The van der Waals surface area contributed by atoms with Crippen molar-refractivity contribution in [1.82, 2.24) is 0 Å². The summed E-state index contributed by atoms with van der Waals surface area (Å²) in [6.45, 7) is -0.323. The standard InChI is InChI=1S/C10H10O5/c11-4-3-6-5-7(9(12)13)1-2-8(6)10(14)15/h1-3,5,8,11H,4H2,(H,12,13)(H,14,15). The quantitative estimate of drug-likeness (QED) is 0.618. The van der Waals surface area contributed by atoms with Crippen LogP contribution in [-0.4, -0.2) is 33.9 Å². The molecule has 0 saturated heterocycles. The third-order valence-electron chi connectivity index (χ3n) is 1.99. The summed E-state index contributed by atoms with van der Waals surface area (Å²) in [5.74, 6) is -3.09. The third kappa shape index (κ3) is 2.54. The van der Waals surface area contributed by atoms with Gasteiger partial charge in [-0.05, 0) is 11.6 Å². The minimum Gasteiger partial charge on any atom is -0.481 e. The van der Waals surface area contributed by atoms with Crippen molar-refractivity contribution in [3.63, 3.8) is 0 Å². The Morgan fingerprint density at radius 2 is 2.07 bits per heavy atom. The van der Waals surface area contributed by atoms with Gasteiger partial charge in [0, 0.05) is 0 Å². The number of aliphatic hydroxyl groups is 1. The van der Waals surface area contributed by atoms with Crippen LogP contribution in [0.1, 0.15) is 0 Å². The third-order valence-corrected chi connectivity index (χ3v) is 1.99. The summed E-state index contributed by atoms with van der Waals surface area (Å²) in [5, 5.41) is 26.2. The van der Waals surface area contributed by atoms with E-state index in [1.807, 2.05) is 0 Å². The molecule has 1 atom stereocenters. The molecule has 1 aliphatic carbocycles. The molecule has 3 N–H and O–H groups in total. The summed E-state index contributed by atoms with van der Waals surface area (Å²) in [6, 6.07) is 0. The zero-order chi connectivity index (χ0) is 11.4. The van der Waals surface area contributed by atoms with Crippen LogP contribution in [0.15, 0.2) is 35.5 Å². The van der Waals surface area contributed by atoms with Gasteiger partial charge < -0.3 is 15.3 Å². The van der Waals surface area contributed by atoms with E-state index in [4.69, 9.17) is 15.3 Å². The van der Waals surface area contributed by atoms with Crippen LogP contribution in [0.4, 0.5) is 0 Å². The van der Waals surface area contributed by atoms with E-state index in [1.165, 1.54) is 24.3 Å². The number of aliphatic hydroxyl groups excluding tert-OH is 1. The van der Waals surface area contributed by atoms with Gasteiger partial charge in [0.1, 0.15) is 0 Å². The van der Waals surface area contributed by atoms with Gasteiger partial charge in [-0.15, -0.1) is 0 Å². The van der Waals surface area contributed by atoms with E-state index >= 15 is 0 Å². The molecule has 0 radical (unpaired) electrons. The van der Waals surface area contributed by atoms with E-state index in [2.05, 4.69) is 0 Å². The number of carboxylic acids is 2. The second-order valence-corrected chi connectivity index (χ2v) is 2.97. The van der Waals surface area contributed by atoms with Gasteiger partial charge in [0.15, 0.2) is 0 Å². The van der Waals surface area contributed by atoms with E-state index in [0.717, 1.165) is 0 Å². The van der Waals surface area contributed by atoms with Crippen LogP contribution in [0.3, 0.4) is 0 Å². The second kappa shape index (κ2) is 4.56. The lowest BCUT2D eigenvalue weighted by Crippen LogP contribution is -2.17. The highest BCUT2D eigenvalue weighted by atomic mass is 16.4. The predicted octanol–water partition coefficient (Wildman–Crippen LogP) is 0.187. The number of allylic oxidation sites excluding steroid dienone is 1. The molecule has 5 heteroatoms. The smallest absolute Gasteiger partial charge is 0.335 e. The Balaban J connectivity index is 3.05. The molecule has 15 heavy (non-hydrogen) atoms. The molecule has 5 nitrogen and oxygen atoms in total. The zero-order valence-electron chi connectivity index (χ0n) is 7.75. The SMILES string of the molecule is O=C(O)C1=CC(=CCO)C(C(=O)O)C=C1. The van der Waals surface area contributed by atoms with Crippen LogP contribution in [0.5, 0.6) is 0 Å². The number of aliphatic carboxylic acids is 2. The van der Waals surface area contributed by atoms with Crippen LogP contribution in [0.25, 0.3) is 0 Å². The lowest BCUT2D eigenvalue weighted by atomic mass is 9.91. The highest BCUT2D eigenvalue weighted by molar-refractivity contribution is 5.92. The van der Waals surface area contributed by atoms with Crippen molar-refractivity contribution in [1.29, 1.82) is 0 Å². The summed E-state index contributed by atoms with van der Waals surface area (Å²) >= 11 is 0. The minimum absolute atomic E-state index is 0.00667. The maximum absolute atomic E-state index is 10.8. The number of carbonyl (C=O) groups is 2. The molecule has 0 aromatic rings. The molecule has 0 bridgehead atoms. The molecule has 0 aromatic heterocycles. The molecule has 0 fully saturated rings. The summed E-state index contributed by atoms with van der Waals surface area (Å²) in [5.41, 5.74) is 0.289. The molecule has 1 aliphatic rings. The Labute approximate surface area is 85.7 Å². The van der Waals surface area contributed by atoms with Crippen LogP contribution in [0.2, 0.25) is 0 Å². The van der Waals surface area contributed by atoms with Crippen molar-refractivity contribution in [2.24, 2.45) is 5.92 Å². The van der Waals surface area contributed by atoms with Crippen molar-refractivity contribution in [3.05, 3.63) is 35.5 Å². The van der Waals surface area contributed by atoms with Gasteiger partial charge >= 0.3 is 11.9 Å². The fraction of sp³-hybridized carbons (Fsp3) is 0.200. The molecule has 1 rings (SSSR count). The fourth-order valence-electron chi connectivity index (χ4n) is 1.28. The predicted molar refractivity (Wildman–Crippen MR) is 51.2 cm³/mol. The largest absolute Gasteiger partial charge is 0.481 e. The summed E-state index contributed by atoms with van der Waals surface area (Å²) in [7, 11) is 0. The number of hydrogen-bond acceptors (Lipinski definition) is 3. The lowest BCUT2D eigenvalue weighted by Gasteiger charge is -2.14. The first-order valence-electron chi connectivity index (χ1n) is 4.23. The van der Waals surface area contributed by atoms with Gasteiger partial charge in [-0.2, -0.15) is 0 Å². The molecule has 0 saturated carbocycles. The number of carboxylic acid groups (broad SMARTS) is 2. The van der Waals surface area contributed by atoms with Gasteiger partial charge in [-0.1, -0.05) is 18.2 Å². The first kappa shape index (κ1) is 11.2. The van der Waals surface area contributed by atoms with Crippen LogP contribution in [0, 0.1) is 5.92 Å². The van der Waals surface area contributed by atoms with E-state index in [1.54, 1.807) is 0 Å². The topological polar surface area (TPSA) is 94.8 Å². The molecule has 0 aromatic carbocycles. The average molecular weight is 210 g/mol. The van der Waals surface area contributed by atoms with Gasteiger partial charge in [-0.25, -0.2) is 4.79 Å². The maximum atomic E-state index is 10.8. The lowest BCUT2D eigenvalue weighted by molar-refractivity contribution is -0.139. The summed E-state index contributed by atoms with van der Waals surface area (Å²) < 4.78 is 0. The van der Waals surface area contributed by atoms with E-state index in [-0.39, 0.29) is 17.8 Å². The maximum Gasteiger partial charge on any atom is 0.335 e. The molecule has 0 aliphatic heterocycles. The van der Waals surface area contributed by atoms with Gasteiger partial charge in [0.2, 0.25) is 0 Å². The first-order valence-corrected chi connectivity index (χ1v) is 4.23.